The lowest BCUT2D eigenvalue weighted by Crippen LogP contribution is -2.33. The van der Waals surface area contributed by atoms with Crippen LogP contribution >= 0.6 is 0 Å². The van der Waals surface area contributed by atoms with Gasteiger partial charge < -0.3 is 5.32 Å². The van der Waals surface area contributed by atoms with Gasteiger partial charge in [0.1, 0.15) is 17.5 Å². The number of anilines is 2. The van der Waals surface area contributed by atoms with E-state index in [1.165, 1.54) is 23.0 Å². The molecule has 7 nitrogen and oxygen atoms in total. The van der Waals surface area contributed by atoms with Crippen molar-refractivity contribution in [2.24, 2.45) is 7.05 Å². The summed E-state index contributed by atoms with van der Waals surface area (Å²) in [4.78, 5) is 14.3. The first-order valence-corrected chi connectivity index (χ1v) is 8.51. The van der Waals surface area contributed by atoms with Crippen LogP contribution in [0, 0.1) is 18.6 Å². The summed E-state index contributed by atoms with van der Waals surface area (Å²) < 4.78 is 30.2. The largest absolute Gasteiger partial charge is 0.371 e. The fourth-order valence-corrected chi connectivity index (χ4v) is 3.22. The Kier molecular flexibility index (Phi) is 4.14. The first-order chi connectivity index (χ1) is 12.9. The van der Waals surface area contributed by atoms with E-state index in [9.17, 15) is 13.6 Å². The highest BCUT2D eigenvalue weighted by molar-refractivity contribution is 6.00. The van der Waals surface area contributed by atoms with Crippen LogP contribution in [0.4, 0.5) is 20.3 Å². The minimum atomic E-state index is -0.703. The van der Waals surface area contributed by atoms with E-state index in [1.807, 2.05) is 0 Å². The average molecular weight is 372 g/mol. The van der Waals surface area contributed by atoms with E-state index in [-0.39, 0.29) is 11.6 Å². The van der Waals surface area contributed by atoms with Crippen molar-refractivity contribution in [2.45, 2.75) is 19.4 Å². The number of aryl methyl sites for hydroxylation is 1. The molecule has 1 amide bonds. The predicted molar refractivity (Wildman–Crippen MR) is 95.8 cm³/mol. The minimum Gasteiger partial charge on any atom is -0.371 e. The molecule has 27 heavy (non-hydrogen) atoms. The Labute approximate surface area is 154 Å². The van der Waals surface area contributed by atoms with Crippen LogP contribution in [0.5, 0.6) is 0 Å². The lowest BCUT2D eigenvalue weighted by atomic mass is 10.2. The Balaban J connectivity index is 1.54. The first-order valence-electron chi connectivity index (χ1n) is 8.51. The summed E-state index contributed by atoms with van der Waals surface area (Å²) in [5.41, 5.74) is 1.40. The molecule has 1 aliphatic heterocycles. The molecule has 0 aliphatic carbocycles. The number of carbonyl (C=O) groups excluding carboxylic acids is 1. The molecular formula is C18H18F2N6O. The van der Waals surface area contributed by atoms with Gasteiger partial charge in [0.05, 0.1) is 17.6 Å². The van der Waals surface area contributed by atoms with Gasteiger partial charge in [0.15, 0.2) is 11.6 Å². The second-order valence-electron chi connectivity index (χ2n) is 6.47. The first kappa shape index (κ1) is 17.2. The molecular weight excluding hydrogens is 354 g/mol. The highest BCUT2D eigenvalue weighted by atomic mass is 19.1. The number of nitrogens with one attached hydrogen (secondary N) is 1. The van der Waals surface area contributed by atoms with Gasteiger partial charge in [-0.1, -0.05) is 0 Å². The molecule has 1 saturated heterocycles. The Morgan fingerprint density at radius 3 is 2.78 bits per heavy atom. The van der Waals surface area contributed by atoms with Gasteiger partial charge in [0.25, 0.3) is 5.91 Å². The molecule has 4 rings (SSSR count). The molecule has 9 heteroatoms. The lowest BCUT2D eigenvalue weighted by Gasteiger charge is -2.15. The van der Waals surface area contributed by atoms with E-state index >= 15 is 0 Å². The summed E-state index contributed by atoms with van der Waals surface area (Å²) in [6.07, 6.45) is 3.94. The molecule has 3 aromatic rings. The molecule has 1 aromatic carbocycles. The number of amides is 1. The number of benzene rings is 1. The Hall–Kier alpha value is -3.23. The third kappa shape index (κ3) is 3.05. The number of aromatic nitrogens is 4. The minimum absolute atomic E-state index is 0.0752. The fourth-order valence-electron chi connectivity index (χ4n) is 3.22. The van der Waals surface area contributed by atoms with E-state index in [1.54, 1.807) is 35.8 Å². The molecule has 3 heterocycles. The van der Waals surface area contributed by atoms with Crippen molar-refractivity contribution in [3.8, 4) is 5.69 Å². The van der Waals surface area contributed by atoms with Crippen molar-refractivity contribution < 1.29 is 13.6 Å². The van der Waals surface area contributed by atoms with Crippen LogP contribution in [0.25, 0.3) is 5.69 Å². The third-order valence-electron chi connectivity index (χ3n) is 4.66. The zero-order valence-corrected chi connectivity index (χ0v) is 14.9. The molecule has 1 N–H and O–H groups in total. The third-order valence-corrected chi connectivity index (χ3v) is 4.66. The Morgan fingerprint density at radius 1 is 1.26 bits per heavy atom. The molecule has 0 bridgehead atoms. The molecule has 140 valence electrons. The summed E-state index contributed by atoms with van der Waals surface area (Å²) in [7, 11) is 1.80. The smallest absolute Gasteiger partial charge is 0.250 e. The molecule has 0 radical (unpaired) electrons. The molecule has 1 fully saturated rings. The van der Waals surface area contributed by atoms with Crippen molar-refractivity contribution in [1.82, 2.24) is 19.6 Å². The number of nitrogens with zero attached hydrogens (tertiary/aromatic N) is 5. The van der Waals surface area contributed by atoms with Gasteiger partial charge in [-0.25, -0.2) is 13.5 Å². The summed E-state index contributed by atoms with van der Waals surface area (Å²) in [5, 5.41) is 11.6. The highest BCUT2D eigenvalue weighted by Gasteiger charge is 2.34. The Morgan fingerprint density at radius 2 is 2.07 bits per heavy atom. The van der Waals surface area contributed by atoms with Gasteiger partial charge in [0, 0.05) is 31.9 Å². The molecule has 0 spiro atoms. The van der Waals surface area contributed by atoms with Crippen LogP contribution in [0.3, 0.4) is 0 Å². The number of hydrogen-bond donors (Lipinski definition) is 1. The van der Waals surface area contributed by atoms with Gasteiger partial charge in [0.2, 0.25) is 0 Å². The van der Waals surface area contributed by atoms with Crippen molar-refractivity contribution in [3.05, 3.63) is 54.0 Å². The maximum absolute atomic E-state index is 14.0. The van der Waals surface area contributed by atoms with Crippen LogP contribution < -0.4 is 10.2 Å². The summed E-state index contributed by atoms with van der Waals surface area (Å²) >= 11 is 0. The Bertz CT molecular complexity index is 1010. The second-order valence-corrected chi connectivity index (χ2v) is 6.47. The van der Waals surface area contributed by atoms with E-state index < -0.39 is 17.7 Å². The number of rotatable bonds is 4. The van der Waals surface area contributed by atoms with Crippen LogP contribution in [0.15, 0.2) is 36.7 Å². The number of halogens is 2. The van der Waals surface area contributed by atoms with Gasteiger partial charge >= 0.3 is 0 Å². The van der Waals surface area contributed by atoms with E-state index in [0.717, 1.165) is 6.07 Å². The van der Waals surface area contributed by atoms with E-state index in [2.05, 4.69) is 15.5 Å². The predicted octanol–water partition coefficient (Wildman–Crippen LogP) is 2.41. The number of hydrogen-bond acceptors (Lipinski definition) is 4. The SMILES string of the molecule is Cc1c(NC2CCN(c3ccn(C)n3)C2=O)cnn1-c1ccc(F)cc1F. The van der Waals surface area contributed by atoms with Crippen molar-refractivity contribution in [3.63, 3.8) is 0 Å². The number of carbonyl (C=O) groups is 1. The lowest BCUT2D eigenvalue weighted by molar-refractivity contribution is -0.117. The highest BCUT2D eigenvalue weighted by Crippen LogP contribution is 2.25. The maximum atomic E-state index is 14.0. The van der Waals surface area contributed by atoms with Gasteiger partial charge in [-0.05, 0) is 25.5 Å². The summed E-state index contributed by atoms with van der Waals surface area (Å²) in [5.74, 6) is -0.807. The fraction of sp³-hybridized carbons (Fsp3) is 0.278. The normalized spacial score (nSPS) is 17.0. The van der Waals surface area contributed by atoms with Gasteiger partial charge in [-0.15, -0.1) is 0 Å². The van der Waals surface area contributed by atoms with Crippen LogP contribution in [0.1, 0.15) is 12.1 Å². The van der Waals surface area contributed by atoms with Crippen molar-refractivity contribution >= 4 is 17.4 Å². The zero-order valence-electron chi connectivity index (χ0n) is 14.9. The van der Waals surface area contributed by atoms with Crippen LogP contribution in [-0.2, 0) is 11.8 Å². The molecule has 2 aromatic heterocycles. The summed E-state index contributed by atoms with van der Waals surface area (Å²) in [6, 6.07) is 4.70. The van der Waals surface area contributed by atoms with Crippen LogP contribution in [-0.4, -0.2) is 38.1 Å². The van der Waals surface area contributed by atoms with E-state index in [0.29, 0.717) is 30.2 Å². The summed E-state index contributed by atoms with van der Waals surface area (Å²) in [6.45, 7) is 2.32. The molecule has 1 aliphatic rings. The molecule has 1 unspecified atom stereocenters. The monoisotopic (exact) mass is 372 g/mol. The topological polar surface area (TPSA) is 68.0 Å². The molecule has 1 atom stereocenters. The molecule has 0 saturated carbocycles. The maximum Gasteiger partial charge on any atom is 0.250 e. The standard InChI is InChI=1S/C18H18F2N6O/c1-11-15(10-21-26(11)16-4-3-12(19)9-13(16)20)22-14-5-8-25(18(14)27)17-6-7-24(2)23-17/h3-4,6-7,9-10,14,22H,5,8H2,1-2H3. The average Bonchev–Trinajstić information content (AvgIpc) is 3.30. The van der Waals surface area contributed by atoms with Crippen molar-refractivity contribution in [2.75, 3.05) is 16.8 Å². The van der Waals surface area contributed by atoms with Crippen LogP contribution in [0.2, 0.25) is 0 Å². The van der Waals surface area contributed by atoms with Gasteiger partial charge in [-0.2, -0.15) is 10.2 Å². The second kappa shape index (κ2) is 6.49. The van der Waals surface area contributed by atoms with E-state index in [4.69, 9.17) is 0 Å². The van der Waals surface area contributed by atoms with Gasteiger partial charge in [-0.3, -0.25) is 14.4 Å². The van der Waals surface area contributed by atoms with Crippen molar-refractivity contribution in [1.29, 1.82) is 0 Å². The quantitative estimate of drug-likeness (QED) is 0.764. The zero-order chi connectivity index (χ0) is 19.1.